The average molecular weight is 329 g/mol. The quantitative estimate of drug-likeness (QED) is 0.894. The van der Waals surface area contributed by atoms with E-state index >= 15 is 0 Å². The third-order valence-electron chi connectivity index (χ3n) is 2.08. The number of nitrogens with one attached hydrogen (secondary N) is 1. The number of carbonyl (C=O) groups excluding carboxylic acids is 2. The van der Waals surface area contributed by atoms with Crippen molar-refractivity contribution >= 4 is 27.9 Å². The zero-order valence-corrected chi connectivity index (χ0v) is 12.7. The van der Waals surface area contributed by atoms with Gasteiger partial charge < -0.3 is 15.8 Å². The van der Waals surface area contributed by atoms with Crippen LogP contribution in [0.25, 0.3) is 0 Å². The van der Waals surface area contributed by atoms with Gasteiger partial charge in [0.2, 0.25) is 5.91 Å². The summed E-state index contributed by atoms with van der Waals surface area (Å²) in [5.41, 5.74) is 5.82. The normalized spacial score (nSPS) is 10.9. The second-order valence-electron chi connectivity index (χ2n) is 5.07. The maximum absolute atomic E-state index is 11.5. The molecule has 0 radical (unpaired) electrons. The van der Waals surface area contributed by atoms with E-state index in [1.165, 1.54) is 0 Å². The van der Waals surface area contributed by atoms with Crippen molar-refractivity contribution in [1.29, 1.82) is 0 Å². The Kier molecular flexibility index (Phi) is 4.94. The van der Waals surface area contributed by atoms with Gasteiger partial charge in [-0.2, -0.15) is 0 Å². The van der Waals surface area contributed by atoms with Gasteiger partial charge in [-0.15, -0.1) is 0 Å². The molecule has 104 valence electrons. The molecule has 0 saturated heterocycles. The Morgan fingerprint density at radius 2 is 1.95 bits per heavy atom. The van der Waals surface area contributed by atoms with Gasteiger partial charge in [0.15, 0.2) is 0 Å². The fraction of sp³-hybridized carbons (Fsp3) is 0.385. The number of primary amides is 1. The molecule has 0 atom stereocenters. The monoisotopic (exact) mass is 328 g/mol. The van der Waals surface area contributed by atoms with Gasteiger partial charge in [0.05, 0.1) is 0 Å². The number of amides is 2. The number of hydrogen-bond donors (Lipinski definition) is 2. The molecular weight excluding hydrogens is 312 g/mol. The van der Waals surface area contributed by atoms with Crippen molar-refractivity contribution < 1.29 is 14.3 Å². The van der Waals surface area contributed by atoms with E-state index in [1.807, 2.05) is 0 Å². The van der Waals surface area contributed by atoms with E-state index in [2.05, 4.69) is 21.2 Å². The van der Waals surface area contributed by atoms with Gasteiger partial charge in [0.25, 0.3) is 0 Å². The molecule has 0 heterocycles. The third kappa shape index (κ3) is 5.74. The molecule has 1 rings (SSSR count). The van der Waals surface area contributed by atoms with Crippen LogP contribution in [0.3, 0.4) is 0 Å². The summed E-state index contributed by atoms with van der Waals surface area (Å²) in [7, 11) is 0. The first-order valence-electron chi connectivity index (χ1n) is 5.73. The zero-order valence-electron chi connectivity index (χ0n) is 11.1. The SMILES string of the molecule is CC(C)(C)OC(=O)NCc1cc(Br)cc(C(N)=O)c1. The molecule has 0 unspecified atom stereocenters. The van der Waals surface area contributed by atoms with Gasteiger partial charge >= 0.3 is 6.09 Å². The fourth-order valence-electron chi connectivity index (χ4n) is 1.38. The summed E-state index contributed by atoms with van der Waals surface area (Å²) in [6.07, 6.45) is -0.506. The van der Waals surface area contributed by atoms with Crippen molar-refractivity contribution in [3.63, 3.8) is 0 Å². The Hall–Kier alpha value is -1.56. The molecule has 0 aliphatic heterocycles. The molecule has 0 bridgehead atoms. The van der Waals surface area contributed by atoms with Crippen LogP contribution in [-0.4, -0.2) is 17.6 Å². The van der Waals surface area contributed by atoms with E-state index < -0.39 is 17.6 Å². The van der Waals surface area contributed by atoms with Crippen molar-refractivity contribution in [3.8, 4) is 0 Å². The first-order valence-corrected chi connectivity index (χ1v) is 6.53. The molecule has 0 aromatic heterocycles. The lowest BCUT2D eigenvalue weighted by Crippen LogP contribution is -2.32. The number of halogens is 1. The lowest BCUT2D eigenvalue weighted by atomic mass is 10.1. The number of hydrogen-bond acceptors (Lipinski definition) is 3. The van der Waals surface area contributed by atoms with Crippen LogP contribution in [-0.2, 0) is 11.3 Å². The van der Waals surface area contributed by atoms with Crippen molar-refractivity contribution in [2.75, 3.05) is 0 Å². The number of carbonyl (C=O) groups is 2. The van der Waals surface area contributed by atoms with Gasteiger partial charge in [0, 0.05) is 16.6 Å². The van der Waals surface area contributed by atoms with E-state index in [1.54, 1.807) is 39.0 Å². The van der Waals surface area contributed by atoms with Gasteiger partial charge in [-0.3, -0.25) is 4.79 Å². The van der Waals surface area contributed by atoms with Crippen LogP contribution in [0.15, 0.2) is 22.7 Å². The Balaban J connectivity index is 2.68. The van der Waals surface area contributed by atoms with Crippen molar-refractivity contribution in [3.05, 3.63) is 33.8 Å². The third-order valence-corrected chi connectivity index (χ3v) is 2.54. The molecule has 5 nitrogen and oxygen atoms in total. The standard InChI is InChI=1S/C13H17BrN2O3/c1-13(2,3)19-12(18)16-7-8-4-9(11(15)17)6-10(14)5-8/h4-6H,7H2,1-3H3,(H2,15,17)(H,16,18). The van der Waals surface area contributed by atoms with Crippen LogP contribution >= 0.6 is 15.9 Å². The minimum Gasteiger partial charge on any atom is -0.444 e. The molecular formula is C13H17BrN2O3. The smallest absolute Gasteiger partial charge is 0.407 e. The van der Waals surface area contributed by atoms with E-state index in [4.69, 9.17) is 10.5 Å². The van der Waals surface area contributed by atoms with Gasteiger partial charge in [-0.1, -0.05) is 15.9 Å². The number of rotatable bonds is 3. The highest BCUT2D eigenvalue weighted by molar-refractivity contribution is 9.10. The average Bonchev–Trinajstić information content (AvgIpc) is 2.23. The van der Waals surface area contributed by atoms with Crippen molar-refractivity contribution in [2.45, 2.75) is 32.9 Å². The summed E-state index contributed by atoms with van der Waals surface area (Å²) < 4.78 is 5.84. The van der Waals surface area contributed by atoms with Crippen LogP contribution in [0, 0.1) is 0 Å². The highest BCUT2D eigenvalue weighted by atomic mass is 79.9. The van der Waals surface area contributed by atoms with Crippen LogP contribution in [0.1, 0.15) is 36.7 Å². The summed E-state index contributed by atoms with van der Waals surface area (Å²) in [4.78, 5) is 22.6. The molecule has 0 aliphatic carbocycles. The van der Waals surface area contributed by atoms with E-state index in [9.17, 15) is 9.59 Å². The van der Waals surface area contributed by atoms with E-state index in [-0.39, 0.29) is 6.54 Å². The lowest BCUT2D eigenvalue weighted by molar-refractivity contribution is 0.0523. The van der Waals surface area contributed by atoms with Crippen LogP contribution in [0.4, 0.5) is 4.79 Å². The molecule has 0 aliphatic rings. The predicted molar refractivity (Wildman–Crippen MR) is 75.7 cm³/mol. The molecule has 2 amide bonds. The second kappa shape index (κ2) is 6.06. The van der Waals surface area contributed by atoms with Gasteiger partial charge in [0.1, 0.15) is 5.60 Å². The molecule has 6 heteroatoms. The van der Waals surface area contributed by atoms with Crippen LogP contribution in [0.2, 0.25) is 0 Å². The minimum atomic E-state index is -0.542. The topological polar surface area (TPSA) is 81.4 Å². The number of alkyl carbamates (subject to hydrolysis) is 1. The Labute approximate surface area is 120 Å². The lowest BCUT2D eigenvalue weighted by Gasteiger charge is -2.19. The summed E-state index contributed by atoms with van der Waals surface area (Å²) in [5.74, 6) is -0.514. The van der Waals surface area contributed by atoms with Crippen LogP contribution < -0.4 is 11.1 Å². The fourth-order valence-corrected chi connectivity index (χ4v) is 1.92. The predicted octanol–water partition coefficient (Wildman–Crippen LogP) is 2.57. The first-order chi connectivity index (χ1) is 8.67. The number of benzene rings is 1. The summed E-state index contributed by atoms with van der Waals surface area (Å²) >= 11 is 3.29. The van der Waals surface area contributed by atoms with Crippen LogP contribution in [0.5, 0.6) is 0 Å². The second-order valence-corrected chi connectivity index (χ2v) is 5.98. The number of ether oxygens (including phenoxy) is 1. The molecule has 0 saturated carbocycles. The molecule has 3 N–H and O–H groups in total. The van der Waals surface area contributed by atoms with E-state index in [0.29, 0.717) is 5.56 Å². The minimum absolute atomic E-state index is 0.259. The Bertz CT molecular complexity index is 495. The van der Waals surface area contributed by atoms with Gasteiger partial charge in [-0.25, -0.2) is 4.79 Å². The highest BCUT2D eigenvalue weighted by Gasteiger charge is 2.15. The van der Waals surface area contributed by atoms with Crippen molar-refractivity contribution in [2.24, 2.45) is 5.73 Å². The maximum atomic E-state index is 11.5. The number of nitrogens with two attached hydrogens (primary N) is 1. The first kappa shape index (κ1) is 15.5. The molecule has 1 aromatic rings. The summed E-state index contributed by atoms with van der Waals surface area (Å²) in [6.45, 7) is 5.62. The van der Waals surface area contributed by atoms with E-state index in [0.717, 1.165) is 10.0 Å². The van der Waals surface area contributed by atoms with Gasteiger partial charge in [-0.05, 0) is 44.5 Å². The highest BCUT2D eigenvalue weighted by Crippen LogP contribution is 2.16. The summed E-state index contributed by atoms with van der Waals surface area (Å²) in [5, 5.41) is 2.61. The van der Waals surface area contributed by atoms with Crippen molar-refractivity contribution in [1.82, 2.24) is 5.32 Å². The zero-order chi connectivity index (χ0) is 14.6. The molecule has 19 heavy (non-hydrogen) atoms. The summed E-state index contributed by atoms with van der Waals surface area (Å²) in [6, 6.07) is 5.05. The Morgan fingerprint density at radius 1 is 1.32 bits per heavy atom. The molecule has 0 fully saturated rings. The molecule has 0 spiro atoms. The largest absolute Gasteiger partial charge is 0.444 e. The Morgan fingerprint density at radius 3 is 2.47 bits per heavy atom. The maximum Gasteiger partial charge on any atom is 0.407 e. The molecule has 1 aromatic carbocycles.